The summed E-state index contributed by atoms with van der Waals surface area (Å²) in [6.45, 7) is -0.183. The fourth-order valence-electron chi connectivity index (χ4n) is 0.212. The molecule has 0 aromatic rings. The summed E-state index contributed by atoms with van der Waals surface area (Å²) >= 11 is -2.23. The van der Waals surface area contributed by atoms with E-state index in [9.17, 15) is 13.6 Å². The van der Waals surface area contributed by atoms with E-state index >= 15 is 0 Å². The van der Waals surface area contributed by atoms with Crippen LogP contribution in [0.3, 0.4) is 0 Å². The van der Waals surface area contributed by atoms with E-state index in [1.165, 1.54) is 0 Å². The molecule has 0 bridgehead atoms. The SMILES string of the molecule is NCC(=O)NCS(=O)[O-]. The van der Waals surface area contributed by atoms with E-state index in [1.54, 1.807) is 0 Å². The molecular weight excluding hydrogens is 144 g/mol. The molecule has 0 fully saturated rings. The zero-order chi connectivity index (χ0) is 7.28. The lowest BCUT2D eigenvalue weighted by atomic mass is 10.6. The average Bonchev–Trinajstić information content (AvgIpc) is 1.83. The third kappa shape index (κ3) is 5.41. The monoisotopic (exact) mass is 151 g/mol. The molecule has 0 aliphatic rings. The van der Waals surface area contributed by atoms with Crippen molar-refractivity contribution in [3.8, 4) is 0 Å². The lowest BCUT2D eigenvalue weighted by molar-refractivity contribution is -0.119. The fraction of sp³-hybridized carbons (Fsp3) is 0.667. The Labute approximate surface area is 54.9 Å². The zero-order valence-corrected chi connectivity index (χ0v) is 5.44. The average molecular weight is 151 g/mol. The first-order valence-electron chi connectivity index (χ1n) is 2.19. The molecule has 1 unspecified atom stereocenters. The van der Waals surface area contributed by atoms with Gasteiger partial charge in [0, 0.05) is 0 Å². The molecule has 0 aliphatic carbocycles. The lowest BCUT2D eigenvalue weighted by Crippen LogP contribution is -2.32. The Morgan fingerprint density at radius 1 is 1.78 bits per heavy atom. The molecule has 0 spiro atoms. The smallest absolute Gasteiger partial charge is 0.234 e. The topological polar surface area (TPSA) is 95.2 Å². The molecule has 0 saturated carbocycles. The second-order valence-corrected chi connectivity index (χ2v) is 2.15. The van der Waals surface area contributed by atoms with Crippen molar-refractivity contribution in [1.29, 1.82) is 0 Å². The predicted octanol–water partition coefficient (Wildman–Crippen LogP) is -2.10. The van der Waals surface area contributed by atoms with Gasteiger partial charge in [0.25, 0.3) is 0 Å². The van der Waals surface area contributed by atoms with Crippen LogP contribution >= 0.6 is 0 Å². The molecule has 0 saturated heterocycles. The van der Waals surface area contributed by atoms with Crippen LogP contribution in [0.1, 0.15) is 0 Å². The first-order chi connectivity index (χ1) is 4.16. The number of hydrogen-bond donors (Lipinski definition) is 2. The van der Waals surface area contributed by atoms with Crippen LogP contribution in [0, 0.1) is 0 Å². The van der Waals surface area contributed by atoms with Crippen molar-refractivity contribution in [2.75, 3.05) is 12.4 Å². The van der Waals surface area contributed by atoms with Crippen LogP contribution in [0.25, 0.3) is 0 Å². The Morgan fingerprint density at radius 2 is 2.33 bits per heavy atom. The standard InChI is InChI=1S/C3H8N2O3S/c4-1-3(6)5-2-9(7)8/h1-2,4H2,(H,5,6)(H,7,8)/p-1. The minimum Gasteiger partial charge on any atom is -0.771 e. The first-order valence-corrected chi connectivity index (χ1v) is 3.44. The predicted molar refractivity (Wildman–Crippen MR) is 31.0 cm³/mol. The highest BCUT2D eigenvalue weighted by Gasteiger charge is 1.92. The van der Waals surface area contributed by atoms with Gasteiger partial charge < -0.3 is 15.6 Å². The van der Waals surface area contributed by atoms with Crippen molar-refractivity contribution in [3.05, 3.63) is 0 Å². The van der Waals surface area contributed by atoms with Gasteiger partial charge in [-0.05, 0) is 11.1 Å². The van der Waals surface area contributed by atoms with E-state index in [-0.39, 0.29) is 12.4 Å². The molecular formula is C3H7N2O3S-. The van der Waals surface area contributed by atoms with Crippen LogP contribution in [0.5, 0.6) is 0 Å². The highest BCUT2D eigenvalue weighted by atomic mass is 32.2. The summed E-state index contributed by atoms with van der Waals surface area (Å²) in [4.78, 5) is 10.2. The van der Waals surface area contributed by atoms with Gasteiger partial charge in [-0.3, -0.25) is 9.00 Å². The number of amides is 1. The molecule has 5 nitrogen and oxygen atoms in total. The Balaban J connectivity index is 3.28. The van der Waals surface area contributed by atoms with Crippen molar-refractivity contribution in [2.24, 2.45) is 5.73 Å². The quantitative estimate of drug-likeness (QED) is 0.451. The Morgan fingerprint density at radius 3 is 2.67 bits per heavy atom. The Kier molecular flexibility index (Phi) is 4.20. The number of hydrogen-bond acceptors (Lipinski definition) is 4. The molecule has 0 aliphatic heterocycles. The second-order valence-electron chi connectivity index (χ2n) is 1.25. The molecule has 9 heavy (non-hydrogen) atoms. The minimum atomic E-state index is -2.23. The van der Waals surface area contributed by atoms with Gasteiger partial charge in [0.15, 0.2) is 0 Å². The number of rotatable bonds is 3. The Hall–Kier alpha value is -0.460. The third-order valence-corrected chi connectivity index (χ3v) is 0.953. The summed E-state index contributed by atoms with van der Waals surface area (Å²) in [6, 6.07) is 0. The van der Waals surface area contributed by atoms with Crippen molar-refractivity contribution >= 4 is 17.0 Å². The van der Waals surface area contributed by atoms with Crippen LogP contribution in [0.2, 0.25) is 0 Å². The molecule has 1 atom stereocenters. The third-order valence-electron chi connectivity index (χ3n) is 0.573. The van der Waals surface area contributed by atoms with Gasteiger partial charge in [0.05, 0.1) is 12.4 Å². The van der Waals surface area contributed by atoms with Gasteiger partial charge in [-0.2, -0.15) is 0 Å². The van der Waals surface area contributed by atoms with E-state index in [4.69, 9.17) is 5.73 Å². The van der Waals surface area contributed by atoms with Crippen LogP contribution in [-0.4, -0.2) is 27.1 Å². The van der Waals surface area contributed by atoms with Gasteiger partial charge in [0.2, 0.25) is 5.91 Å². The minimum absolute atomic E-state index is 0.183. The molecule has 6 heteroatoms. The second kappa shape index (κ2) is 4.42. The van der Waals surface area contributed by atoms with E-state index in [2.05, 4.69) is 5.32 Å². The highest BCUT2D eigenvalue weighted by molar-refractivity contribution is 7.79. The van der Waals surface area contributed by atoms with Crippen LogP contribution in [-0.2, 0) is 15.9 Å². The maximum Gasteiger partial charge on any atom is 0.234 e. The van der Waals surface area contributed by atoms with E-state index in [1.807, 2.05) is 0 Å². The lowest BCUT2D eigenvalue weighted by Gasteiger charge is -2.04. The molecule has 0 rings (SSSR count). The maximum absolute atomic E-state index is 10.2. The van der Waals surface area contributed by atoms with Gasteiger partial charge in [-0.15, -0.1) is 0 Å². The summed E-state index contributed by atoms with van der Waals surface area (Å²) in [6.07, 6.45) is 0. The van der Waals surface area contributed by atoms with Crippen molar-refractivity contribution in [1.82, 2.24) is 5.32 Å². The van der Waals surface area contributed by atoms with E-state index < -0.39 is 17.0 Å². The molecule has 0 aromatic heterocycles. The fourth-order valence-corrected chi connectivity index (χ4v) is 0.490. The van der Waals surface area contributed by atoms with E-state index in [0.29, 0.717) is 0 Å². The van der Waals surface area contributed by atoms with Gasteiger partial charge in [-0.1, -0.05) is 0 Å². The zero-order valence-electron chi connectivity index (χ0n) is 4.62. The summed E-state index contributed by atoms with van der Waals surface area (Å²) in [5.41, 5.74) is 4.85. The number of carbonyl (C=O) groups is 1. The number of nitrogens with one attached hydrogen (secondary N) is 1. The van der Waals surface area contributed by atoms with Crippen molar-refractivity contribution < 1.29 is 13.6 Å². The molecule has 0 aromatic carbocycles. The van der Waals surface area contributed by atoms with Crippen LogP contribution in [0.4, 0.5) is 0 Å². The molecule has 0 radical (unpaired) electrons. The number of carbonyl (C=O) groups excluding carboxylic acids is 1. The highest BCUT2D eigenvalue weighted by Crippen LogP contribution is 1.66. The van der Waals surface area contributed by atoms with Gasteiger partial charge >= 0.3 is 0 Å². The molecule has 1 amide bonds. The first kappa shape index (κ1) is 8.54. The number of nitrogens with two attached hydrogens (primary N) is 1. The van der Waals surface area contributed by atoms with Crippen LogP contribution in [0.15, 0.2) is 0 Å². The summed E-state index contributed by atoms with van der Waals surface area (Å²) in [5.74, 6) is -0.838. The van der Waals surface area contributed by atoms with E-state index in [0.717, 1.165) is 0 Å². The largest absolute Gasteiger partial charge is 0.771 e. The van der Waals surface area contributed by atoms with Crippen molar-refractivity contribution in [3.63, 3.8) is 0 Å². The molecule has 54 valence electrons. The molecule has 0 heterocycles. The van der Waals surface area contributed by atoms with Crippen molar-refractivity contribution in [2.45, 2.75) is 0 Å². The maximum atomic E-state index is 10.2. The summed E-state index contributed by atoms with van der Waals surface area (Å²) < 4.78 is 19.5. The summed E-state index contributed by atoms with van der Waals surface area (Å²) in [5, 5.41) is 2.06. The molecule has 3 N–H and O–H groups in total. The summed E-state index contributed by atoms with van der Waals surface area (Å²) in [7, 11) is 0. The Bertz CT molecular complexity index is 126. The van der Waals surface area contributed by atoms with Gasteiger partial charge in [-0.25, -0.2) is 0 Å². The van der Waals surface area contributed by atoms with Gasteiger partial charge in [0.1, 0.15) is 0 Å². The van der Waals surface area contributed by atoms with Crippen LogP contribution < -0.4 is 11.1 Å². The normalized spacial score (nSPS) is 12.7.